The van der Waals surface area contributed by atoms with Crippen molar-refractivity contribution in [2.45, 2.75) is 70.8 Å². The quantitative estimate of drug-likeness (QED) is 0.0648. The van der Waals surface area contributed by atoms with Gasteiger partial charge in [-0.05, 0) is 112 Å². The number of carbonyl (C=O) groups excluding carboxylic acids is 2. The first kappa shape index (κ1) is 42.6. The second-order valence-corrected chi connectivity index (χ2v) is 15.1. The molecule has 1 aromatic heterocycles. The molecule has 0 aliphatic heterocycles. The number of hydrogen-bond donors (Lipinski definition) is 4. The molecule has 4 aromatic carbocycles. The molecule has 0 radical (unpaired) electrons. The van der Waals surface area contributed by atoms with Gasteiger partial charge in [0, 0.05) is 51.8 Å². The summed E-state index contributed by atoms with van der Waals surface area (Å²) in [5, 5.41) is 36.2. The fraction of sp³-hybridized carbons (Fsp3) is 0.311. The fourth-order valence-corrected chi connectivity index (χ4v) is 6.76. The summed E-state index contributed by atoms with van der Waals surface area (Å²) in [6.45, 7) is 7.23. The molecule has 3 atom stereocenters. The number of benzene rings is 4. The number of para-hydroxylation sites is 1. The molecule has 1 heterocycles. The number of fused-ring (bicyclic) bond motifs is 1. The molecule has 5 aromatic rings. The van der Waals surface area contributed by atoms with Crippen LogP contribution in [0, 0.1) is 11.7 Å². The maximum absolute atomic E-state index is 13.8. The number of nitrogens with zero attached hydrogens (tertiary/aromatic N) is 1. The van der Waals surface area contributed by atoms with E-state index in [0.29, 0.717) is 29.3 Å². The lowest BCUT2D eigenvalue weighted by Gasteiger charge is -2.25. The fourth-order valence-electron chi connectivity index (χ4n) is 6.63. The van der Waals surface area contributed by atoms with E-state index in [1.807, 2.05) is 50.2 Å². The molecule has 10 nitrogen and oxygen atoms in total. The number of carbonyl (C=O) groups is 3. The summed E-state index contributed by atoms with van der Waals surface area (Å²) in [4.78, 5) is 37.5. The van der Waals surface area contributed by atoms with Crippen molar-refractivity contribution in [3.8, 4) is 16.9 Å². The Morgan fingerprint density at radius 3 is 2.25 bits per heavy atom. The lowest BCUT2D eigenvalue weighted by Crippen LogP contribution is -2.40. The predicted octanol–water partition coefficient (Wildman–Crippen LogP) is 8.27. The lowest BCUT2D eigenvalue weighted by atomic mass is 9.94. The second-order valence-electron chi connectivity index (χ2n) is 14.6. The molecule has 4 N–H and O–H groups in total. The Morgan fingerprint density at radius 2 is 1.60 bits per heavy atom. The number of amides is 1. The van der Waals surface area contributed by atoms with Gasteiger partial charge in [0.05, 0.1) is 24.7 Å². The smallest absolute Gasteiger partial charge is 0.349 e. The first-order chi connectivity index (χ1) is 27.1. The number of halogens is 2. The molecule has 3 unspecified atom stereocenters. The number of rotatable bonds is 18. The van der Waals surface area contributed by atoms with Gasteiger partial charge in [0.25, 0.3) is 5.91 Å². The van der Waals surface area contributed by atoms with Gasteiger partial charge in [0.15, 0.2) is 5.60 Å². The van der Waals surface area contributed by atoms with Crippen LogP contribution in [0.1, 0.15) is 68.2 Å². The minimum absolute atomic E-state index is 0.0282. The summed E-state index contributed by atoms with van der Waals surface area (Å²) in [5.41, 5.74) is 3.40. The summed E-state index contributed by atoms with van der Waals surface area (Å²) < 4.78 is 27.2. The molecule has 0 aliphatic rings. The van der Waals surface area contributed by atoms with Gasteiger partial charge in [0.2, 0.25) is 0 Å². The molecular weight excluding hydrogens is 751 g/mol. The predicted molar refractivity (Wildman–Crippen MR) is 219 cm³/mol. The highest BCUT2D eigenvalue weighted by molar-refractivity contribution is 6.30. The third-order valence-electron chi connectivity index (χ3n) is 9.59. The van der Waals surface area contributed by atoms with Crippen molar-refractivity contribution in [2.75, 3.05) is 13.2 Å². The number of ether oxygens (including phenoxy) is 2. The Balaban J connectivity index is 1.14. The second kappa shape index (κ2) is 19.1. The number of aliphatic carboxylic acids is 1. The van der Waals surface area contributed by atoms with Crippen molar-refractivity contribution in [2.24, 2.45) is 5.92 Å². The van der Waals surface area contributed by atoms with Crippen LogP contribution in [0.25, 0.3) is 28.1 Å². The van der Waals surface area contributed by atoms with E-state index < -0.39 is 35.7 Å². The zero-order valence-corrected chi connectivity index (χ0v) is 33.1. The first-order valence-corrected chi connectivity index (χ1v) is 19.2. The van der Waals surface area contributed by atoms with Gasteiger partial charge in [-0.15, -0.1) is 0 Å². The van der Waals surface area contributed by atoms with Gasteiger partial charge in [-0.2, -0.15) is 0 Å². The number of aromatic nitrogens is 1. The highest BCUT2D eigenvalue weighted by Gasteiger charge is 2.33. The van der Waals surface area contributed by atoms with Crippen LogP contribution in [0.15, 0.2) is 103 Å². The molecule has 300 valence electrons. The van der Waals surface area contributed by atoms with Crippen molar-refractivity contribution in [3.05, 3.63) is 131 Å². The van der Waals surface area contributed by atoms with Gasteiger partial charge in [-0.3, -0.25) is 9.59 Å². The average Bonchev–Trinajstić information content (AvgIpc) is 3.51. The third-order valence-corrected chi connectivity index (χ3v) is 9.85. The SMILES string of the molecule is CC(C)n1c(/C=C/C(O)CC(O)C(CCOC(=O)C(C)(C)Oc2ccc(CCNC(=O)c3ccc(Cl)cc3)cc2)C(=O)O)c(-c2ccc(F)cc2)c2ccccc21. The Bertz CT molecular complexity index is 2180. The molecule has 5 rings (SSSR count). The first-order valence-electron chi connectivity index (χ1n) is 18.8. The van der Waals surface area contributed by atoms with E-state index in [1.54, 1.807) is 54.6 Å². The summed E-state index contributed by atoms with van der Waals surface area (Å²) in [6, 6.07) is 27.7. The molecule has 1 amide bonds. The highest BCUT2D eigenvalue weighted by atomic mass is 35.5. The summed E-state index contributed by atoms with van der Waals surface area (Å²) in [6.07, 6.45) is 0.667. The zero-order valence-electron chi connectivity index (χ0n) is 32.3. The third kappa shape index (κ3) is 11.1. The topological polar surface area (TPSA) is 147 Å². The average molecular weight is 799 g/mol. The van der Waals surface area contributed by atoms with Crippen LogP contribution in [0.5, 0.6) is 5.75 Å². The van der Waals surface area contributed by atoms with E-state index >= 15 is 0 Å². The molecule has 0 fully saturated rings. The molecule has 12 heteroatoms. The van der Waals surface area contributed by atoms with Crippen LogP contribution in [0.3, 0.4) is 0 Å². The van der Waals surface area contributed by atoms with Crippen molar-refractivity contribution < 1.29 is 43.6 Å². The molecule has 0 aliphatic carbocycles. The van der Waals surface area contributed by atoms with E-state index in [2.05, 4.69) is 9.88 Å². The number of nitrogens with one attached hydrogen (secondary N) is 1. The van der Waals surface area contributed by atoms with E-state index in [-0.39, 0.29) is 37.2 Å². The van der Waals surface area contributed by atoms with Crippen molar-refractivity contribution in [1.82, 2.24) is 9.88 Å². The molecule has 0 saturated heterocycles. The lowest BCUT2D eigenvalue weighted by molar-refractivity contribution is -0.161. The molecule has 57 heavy (non-hydrogen) atoms. The monoisotopic (exact) mass is 798 g/mol. The van der Waals surface area contributed by atoms with Gasteiger partial charge in [-0.1, -0.05) is 60.1 Å². The Hall–Kier alpha value is -5.49. The van der Waals surface area contributed by atoms with Crippen molar-refractivity contribution >= 4 is 46.4 Å². The maximum atomic E-state index is 13.8. The number of carboxylic acid groups (broad SMARTS) is 1. The van der Waals surface area contributed by atoms with Gasteiger partial charge in [-0.25, -0.2) is 9.18 Å². The standard InChI is InChI=1S/C45H48ClFN2O8/c1-28(2)49-38-8-6-5-7-36(38)41(30-13-17-33(47)18-14-30)39(49)22-19-34(50)27-40(51)37(43(53)54)24-26-56-44(55)45(3,4)57-35-20-9-29(10-21-35)23-25-48-42(52)31-11-15-32(46)16-12-31/h5-22,28,34,37,40,50-51H,23-27H2,1-4H3,(H,48,52)(H,53,54)/b22-19+. The van der Waals surface area contributed by atoms with Crippen LogP contribution in [-0.2, 0) is 20.7 Å². The minimum Gasteiger partial charge on any atom is -0.481 e. The van der Waals surface area contributed by atoms with E-state index in [1.165, 1.54) is 32.1 Å². The number of esters is 1. The summed E-state index contributed by atoms with van der Waals surface area (Å²) in [5.74, 6) is -3.51. The number of aliphatic hydroxyl groups is 2. The summed E-state index contributed by atoms with van der Waals surface area (Å²) in [7, 11) is 0. The number of hydrogen-bond acceptors (Lipinski definition) is 7. The van der Waals surface area contributed by atoms with Crippen LogP contribution in [0.2, 0.25) is 5.02 Å². The minimum atomic E-state index is -1.46. The van der Waals surface area contributed by atoms with Crippen LogP contribution in [-0.4, -0.2) is 68.7 Å². The maximum Gasteiger partial charge on any atom is 0.349 e. The van der Waals surface area contributed by atoms with Crippen LogP contribution < -0.4 is 10.1 Å². The van der Waals surface area contributed by atoms with Gasteiger partial charge < -0.3 is 34.7 Å². The number of aliphatic hydroxyl groups excluding tert-OH is 2. The highest BCUT2D eigenvalue weighted by Crippen LogP contribution is 2.38. The van der Waals surface area contributed by atoms with Crippen molar-refractivity contribution in [3.63, 3.8) is 0 Å². The Labute approximate surface area is 336 Å². The van der Waals surface area contributed by atoms with Gasteiger partial charge in [0.1, 0.15) is 11.6 Å². The van der Waals surface area contributed by atoms with E-state index in [0.717, 1.165) is 33.3 Å². The van der Waals surface area contributed by atoms with Gasteiger partial charge >= 0.3 is 11.9 Å². The van der Waals surface area contributed by atoms with E-state index in [9.17, 15) is 34.1 Å². The summed E-state index contributed by atoms with van der Waals surface area (Å²) >= 11 is 5.89. The van der Waals surface area contributed by atoms with Crippen LogP contribution in [0.4, 0.5) is 4.39 Å². The largest absolute Gasteiger partial charge is 0.481 e. The Kier molecular flexibility index (Phi) is 14.3. The Morgan fingerprint density at radius 1 is 0.930 bits per heavy atom. The van der Waals surface area contributed by atoms with E-state index in [4.69, 9.17) is 21.1 Å². The normalized spacial score (nSPS) is 13.4. The van der Waals surface area contributed by atoms with Crippen molar-refractivity contribution in [1.29, 1.82) is 0 Å². The van der Waals surface area contributed by atoms with Crippen LogP contribution >= 0.6 is 11.6 Å². The number of carboxylic acids is 1. The molecule has 0 spiro atoms. The zero-order chi connectivity index (χ0) is 41.3. The molecular formula is C45H48ClFN2O8. The molecule has 0 bridgehead atoms. The molecule has 0 saturated carbocycles.